The van der Waals surface area contributed by atoms with Crippen LogP contribution in [0.5, 0.6) is 0 Å². The molecule has 7 heteroatoms. The fourth-order valence-electron chi connectivity index (χ4n) is 3.45. The molecule has 1 aliphatic carbocycles. The van der Waals surface area contributed by atoms with E-state index in [-0.39, 0.29) is 23.3 Å². The second-order valence-corrected chi connectivity index (χ2v) is 7.98. The second-order valence-electron chi connectivity index (χ2n) is 5.72. The Hall–Kier alpha value is -1.23. The van der Waals surface area contributed by atoms with Crippen LogP contribution in [0.15, 0.2) is 29.4 Å². The number of benzene rings is 1. The molecule has 3 rings (SSSR count). The van der Waals surface area contributed by atoms with Crippen LogP contribution >= 0.6 is 7.60 Å². The Bertz CT molecular complexity index is 623. The molecule has 23 heavy (non-hydrogen) atoms. The number of halogens is 1. The lowest BCUT2D eigenvalue weighted by atomic mass is 9.94. The van der Waals surface area contributed by atoms with Gasteiger partial charge in [0.2, 0.25) is 0 Å². The molecule has 1 aromatic carbocycles. The first kappa shape index (κ1) is 16.6. The van der Waals surface area contributed by atoms with Gasteiger partial charge in [0, 0.05) is 11.8 Å². The standard InChI is InChI=1S/C16H21FNO4P/c1-3-21-23(19,22-4-2)14-9-12-10-20-18-16(12)15(14)11-5-7-13(17)8-6-11/h5-8,12,14-15H,3-4,9-10H2,1-2H3/t12-,14-,15-/m1/s1. The van der Waals surface area contributed by atoms with Gasteiger partial charge >= 0.3 is 7.60 Å². The number of hydrogen-bond donors (Lipinski definition) is 0. The van der Waals surface area contributed by atoms with E-state index in [2.05, 4.69) is 5.16 Å². The summed E-state index contributed by atoms with van der Waals surface area (Å²) in [5.41, 5.74) is 1.41. The average Bonchev–Trinajstić information content (AvgIpc) is 3.09. The van der Waals surface area contributed by atoms with Crippen molar-refractivity contribution in [3.05, 3.63) is 35.6 Å². The molecule has 0 saturated heterocycles. The van der Waals surface area contributed by atoms with Gasteiger partial charge in [-0.3, -0.25) is 4.57 Å². The van der Waals surface area contributed by atoms with E-state index in [9.17, 15) is 8.96 Å². The normalized spacial score (nSPS) is 26.7. The van der Waals surface area contributed by atoms with E-state index in [4.69, 9.17) is 13.9 Å². The molecule has 5 nitrogen and oxygen atoms in total. The highest BCUT2D eigenvalue weighted by Gasteiger charge is 2.53. The van der Waals surface area contributed by atoms with Gasteiger partial charge in [-0.05, 0) is 38.0 Å². The van der Waals surface area contributed by atoms with Crippen LogP contribution in [0.25, 0.3) is 0 Å². The molecule has 126 valence electrons. The molecule has 3 atom stereocenters. The molecule has 0 radical (unpaired) electrons. The Kier molecular flexibility index (Phi) is 4.85. The number of fused-ring (bicyclic) bond motifs is 1. The predicted molar refractivity (Wildman–Crippen MR) is 85.3 cm³/mol. The monoisotopic (exact) mass is 341 g/mol. The molecule has 2 aliphatic rings. The first-order chi connectivity index (χ1) is 11.1. The largest absolute Gasteiger partial charge is 0.395 e. The van der Waals surface area contributed by atoms with E-state index in [1.165, 1.54) is 12.1 Å². The van der Waals surface area contributed by atoms with E-state index < -0.39 is 7.60 Å². The Morgan fingerprint density at radius 1 is 1.26 bits per heavy atom. The maximum Gasteiger partial charge on any atom is 0.334 e. The zero-order valence-corrected chi connectivity index (χ0v) is 14.2. The summed E-state index contributed by atoms with van der Waals surface area (Å²) in [6.45, 7) is 4.72. The van der Waals surface area contributed by atoms with Gasteiger partial charge in [-0.1, -0.05) is 17.3 Å². The van der Waals surface area contributed by atoms with Gasteiger partial charge in [0.25, 0.3) is 0 Å². The van der Waals surface area contributed by atoms with Gasteiger partial charge in [-0.25, -0.2) is 4.39 Å². The highest BCUT2D eigenvalue weighted by Crippen LogP contribution is 2.63. The first-order valence-corrected chi connectivity index (χ1v) is 9.54. The third-order valence-corrected chi connectivity index (χ3v) is 6.90. The van der Waals surface area contributed by atoms with Crippen LogP contribution in [0.2, 0.25) is 0 Å². The molecule has 1 saturated carbocycles. The van der Waals surface area contributed by atoms with Crippen molar-refractivity contribution in [2.24, 2.45) is 11.1 Å². The molecule has 1 fully saturated rings. The topological polar surface area (TPSA) is 57.1 Å². The molecule has 0 amide bonds. The van der Waals surface area contributed by atoms with E-state index in [1.807, 2.05) is 0 Å². The van der Waals surface area contributed by atoms with Crippen molar-refractivity contribution in [2.75, 3.05) is 19.8 Å². The van der Waals surface area contributed by atoms with E-state index >= 15 is 0 Å². The molecule has 0 bridgehead atoms. The van der Waals surface area contributed by atoms with Crippen LogP contribution in [-0.2, 0) is 18.5 Å². The SMILES string of the molecule is CCOP(=O)(OCC)[C@@H]1C[C@@H]2CON=C2[C@@H]1c1ccc(F)cc1. The molecular weight excluding hydrogens is 320 g/mol. The Balaban J connectivity index is 2.00. The van der Waals surface area contributed by atoms with Crippen LogP contribution in [0.3, 0.4) is 0 Å². The summed E-state index contributed by atoms with van der Waals surface area (Å²) in [6, 6.07) is 6.22. The maximum atomic E-state index is 13.3. The summed E-state index contributed by atoms with van der Waals surface area (Å²) in [6.07, 6.45) is 0.637. The lowest BCUT2D eigenvalue weighted by molar-refractivity contribution is 0.149. The fraction of sp³-hybridized carbons (Fsp3) is 0.562. The lowest BCUT2D eigenvalue weighted by Gasteiger charge is -2.27. The Labute approximate surface area is 135 Å². The summed E-state index contributed by atoms with van der Waals surface area (Å²) in [4.78, 5) is 5.21. The zero-order chi connectivity index (χ0) is 16.4. The number of hydrogen-bond acceptors (Lipinski definition) is 5. The van der Waals surface area contributed by atoms with Crippen LogP contribution in [0, 0.1) is 11.7 Å². The highest BCUT2D eigenvalue weighted by molar-refractivity contribution is 7.54. The van der Waals surface area contributed by atoms with Crippen LogP contribution in [0.1, 0.15) is 31.7 Å². The minimum atomic E-state index is -3.28. The minimum absolute atomic E-state index is 0.115. The third kappa shape index (κ3) is 3.08. The number of nitrogens with zero attached hydrogens (tertiary/aromatic N) is 1. The van der Waals surface area contributed by atoms with Crippen LogP contribution < -0.4 is 0 Å². The van der Waals surface area contributed by atoms with Gasteiger partial charge in [0.15, 0.2) is 0 Å². The van der Waals surface area contributed by atoms with Crippen LogP contribution in [0.4, 0.5) is 4.39 Å². The smallest absolute Gasteiger partial charge is 0.334 e. The predicted octanol–water partition coefficient (Wildman–Crippen LogP) is 3.95. The average molecular weight is 341 g/mol. The summed E-state index contributed by atoms with van der Waals surface area (Å²) in [5, 5.41) is 4.15. The van der Waals surface area contributed by atoms with Gasteiger partial charge in [-0.2, -0.15) is 0 Å². The molecule has 0 aromatic heterocycles. The van der Waals surface area contributed by atoms with Crippen molar-refractivity contribution in [1.29, 1.82) is 0 Å². The third-order valence-electron chi connectivity index (χ3n) is 4.35. The molecule has 1 aromatic rings. The second kappa shape index (κ2) is 6.71. The fourth-order valence-corrected chi connectivity index (χ4v) is 5.83. The highest BCUT2D eigenvalue weighted by atomic mass is 31.2. The molecule has 1 heterocycles. The summed E-state index contributed by atoms with van der Waals surface area (Å²) >= 11 is 0. The van der Waals surface area contributed by atoms with Gasteiger partial charge in [-0.15, -0.1) is 0 Å². The van der Waals surface area contributed by atoms with Gasteiger partial charge < -0.3 is 13.9 Å². The van der Waals surface area contributed by atoms with Crippen molar-refractivity contribution < 1.29 is 22.8 Å². The summed E-state index contributed by atoms with van der Waals surface area (Å²) in [7, 11) is -3.28. The van der Waals surface area contributed by atoms with Crippen molar-refractivity contribution in [2.45, 2.75) is 31.8 Å². The minimum Gasteiger partial charge on any atom is -0.395 e. The Morgan fingerprint density at radius 2 is 1.91 bits per heavy atom. The zero-order valence-electron chi connectivity index (χ0n) is 13.3. The van der Waals surface area contributed by atoms with Crippen molar-refractivity contribution >= 4 is 13.3 Å². The number of oxime groups is 1. The Morgan fingerprint density at radius 3 is 2.52 bits per heavy atom. The molecule has 0 spiro atoms. The summed E-state index contributed by atoms with van der Waals surface area (Å²) in [5.74, 6) is -0.418. The molecule has 0 unspecified atom stereocenters. The van der Waals surface area contributed by atoms with Crippen LogP contribution in [-0.4, -0.2) is 31.2 Å². The molecular formula is C16H21FNO4P. The van der Waals surface area contributed by atoms with Crippen molar-refractivity contribution in [3.8, 4) is 0 Å². The van der Waals surface area contributed by atoms with E-state index in [1.54, 1.807) is 26.0 Å². The van der Waals surface area contributed by atoms with Crippen molar-refractivity contribution in [3.63, 3.8) is 0 Å². The first-order valence-electron chi connectivity index (χ1n) is 7.93. The van der Waals surface area contributed by atoms with Gasteiger partial charge in [0.05, 0.1) is 24.6 Å². The maximum absolute atomic E-state index is 13.3. The lowest BCUT2D eigenvalue weighted by Crippen LogP contribution is -2.20. The summed E-state index contributed by atoms with van der Waals surface area (Å²) < 4.78 is 37.7. The van der Waals surface area contributed by atoms with E-state index in [0.29, 0.717) is 26.2 Å². The molecule has 0 N–H and O–H groups in total. The van der Waals surface area contributed by atoms with Gasteiger partial charge in [0.1, 0.15) is 12.4 Å². The van der Waals surface area contributed by atoms with E-state index in [0.717, 1.165) is 11.3 Å². The quantitative estimate of drug-likeness (QED) is 0.735. The molecule has 1 aliphatic heterocycles. The van der Waals surface area contributed by atoms with Crippen molar-refractivity contribution in [1.82, 2.24) is 0 Å². The number of rotatable bonds is 6.